The van der Waals surface area contributed by atoms with Crippen LogP contribution in [0.4, 0.5) is 0 Å². The van der Waals surface area contributed by atoms with Crippen molar-refractivity contribution in [2.45, 2.75) is 19.8 Å². The largest absolute Gasteiger partial charge is 0.466 e. The summed E-state index contributed by atoms with van der Waals surface area (Å²) in [6.07, 6.45) is 1.61. The molecule has 3 heteroatoms. The third-order valence-corrected chi connectivity index (χ3v) is 3.50. The molecule has 0 fully saturated rings. The summed E-state index contributed by atoms with van der Waals surface area (Å²) in [6, 6.07) is 6.11. The van der Waals surface area contributed by atoms with Gasteiger partial charge >= 0.3 is 5.97 Å². The van der Waals surface area contributed by atoms with Gasteiger partial charge in [-0.1, -0.05) is 28.1 Å². The summed E-state index contributed by atoms with van der Waals surface area (Å²) in [6.45, 7) is 2.31. The van der Waals surface area contributed by atoms with E-state index in [4.69, 9.17) is 4.74 Å². The van der Waals surface area contributed by atoms with E-state index in [1.54, 1.807) is 0 Å². The first kappa shape index (κ1) is 10.7. The molecule has 0 radical (unpaired) electrons. The van der Waals surface area contributed by atoms with Crippen LogP contribution < -0.4 is 0 Å². The number of ether oxygens (including phenoxy) is 1. The van der Waals surface area contributed by atoms with Crippen molar-refractivity contribution in [1.29, 1.82) is 0 Å². The van der Waals surface area contributed by atoms with Crippen LogP contribution in [0.3, 0.4) is 0 Å². The Bertz CT molecular complexity index is 387. The van der Waals surface area contributed by atoms with Gasteiger partial charge in [-0.15, -0.1) is 0 Å². The topological polar surface area (TPSA) is 26.3 Å². The number of carbonyl (C=O) groups is 1. The highest BCUT2D eigenvalue weighted by Gasteiger charge is 2.29. The number of benzene rings is 1. The van der Waals surface area contributed by atoms with E-state index >= 15 is 0 Å². The van der Waals surface area contributed by atoms with Gasteiger partial charge in [0.25, 0.3) is 0 Å². The number of fused-ring (bicyclic) bond motifs is 1. The van der Waals surface area contributed by atoms with Gasteiger partial charge in [-0.05, 0) is 37.0 Å². The van der Waals surface area contributed by atoms with Crippen LogP contribution in [0.2, 0.25) is 0 Å². The van der Waals surface area contributed by atoms with Gasteiger partial charge in [0.05, 0.1) is 12.5 Å². The molecule has 1 aromatic carbocycles. The van der Waals surface area contributed by atoms with E-state index in [-0.39, 0.29) is 11.9 Å². The number of esters is 1. The SMILES string of the molecule is CCOC(=O)C1Cc2cccc(Br)c2C1. The quantitative estimate of drug-likeness (QED) is 0.772. The Kier molecular flexibility index (Phi) is 3.10. The highest BCUT2D eigenvalue weighted by molar-refractivity contribution is 9.10. The molecular formula is C12H13BrO2. The Balaban J connectivity index is 2.15. The van der Waals surface area contributed by atoms with Gasteiger partial charge in [0.2, 0.25) is 0 Å². The normalized spacial score (nSPS) is 18.7. The van der Waals surface area contributed by atoms with Gasteiger partial charge in [-0.2, -0.15) is 0 Å². The number of rotatable bonds is 2. The van der Waals surface area contributed by atoms with E-state index in [0.717, 1.165) is 17.3 Å². The van der Waals surface area contributed by atoms with Gasteiger partial charge in [0.15, 0.2) is 0 Å². The van der Waals surface area contributed by atoms with E-state index in [2.05, 4.69) is 22.0 Å². The van der Waals surface area contributed by atoms with Crippen molar-refractivity contribution in [2.24, 2.45) is 5.92 Å². The fourth-order valence-corrected chi connectivity index (χ4v) is 2.60. The Morgan fingerprint density at radius 2 is 2.33 bits per heavy atom. The minimum Gasteiger partial charge on any atom is -0.466 e. The lowest BCUT2D eigenvalue weighted by Crippen LogP contribution is -2.17. The number of carbonyl (C=O) groups excluding carboxylic acids is 1. The van der Waals surface area contributed by atoms with Crippen LogP contribution in [-0.4, -0.2) is 12.6 Å². The van der Waals surface area contributed by atoms with E-state index in [9.17, 15) is 4.79 Å². The summed E-state index contributed by atoms with van der Waals surface area (Å²) in [7, 11) is 0. The molecule has 80 valence electrons. The van der Waals surface area contributed by atoms with Crippen molar-refractivity contribution in [3.05, 3.63) is 33.8 Å². The van der Waals surface area contributed by atoms with Crippen molar-refractivity contribution < 1.29 is 9.53 Å². The summed E-state index contributed by atoms with van der Waals surface area (Å²) >= 11 is 3.51. The number of hydrogen-bond acceptors (Lipinski definition) is 2. The molecule has 0 amide bonds. The summed E-state index contributed by atoms with van der Waals surface area (Å²) in [5, 5.41) is 0. The van der Waals surface area contributed by atoms with E-state index in [0.29, 0.717) is 6.61 Å². The van der Waals surface area contributed by atoms with Crippen LogP contribution in [0, 0.1) is 5.92 Å². The molecule has 0 spiro atoms. The molecule has 0 heterocycles. The predicted octanol–water partition coefficient (Wildman–Crippen LogP) is 2.73. The smallest absolute Gasteiger partial charge is 0.309 e. The van der Waals surface area contributed by atoms with Crippen LogP contribution in [-0.2, 0) is 22.4 Å². The molecule has 0 aromatic heterocycles. The zero-order valence-electron chi connectivity index (χ0n) is 8.63. The van der Waals surface area contributed by atoms with Crippen LogP contribution in [0.15, 0.2) is 22.7 Å². The fraction of sp³-hybridized carbons (Fsp3) is 0.417. The third kappa shape index (κ3) is 2.07. The van der Waals surface area contributed by atoms with Crippen LogP contribution >= 0.6 is 15.9 Å². The summed E-state index contributed by atoms with van der Waals surface area (Å²) in [5.41, 5.74) is 2.53. The molecule has 0 bridgehead atoms. The van der Waals surface area contributed by atoms with Crippen LogP contribution in [0.1, 0.15) is 18.1 Å². The lowest BCUT2D eigenvalue weighted by atomic mass is 10.1. The molecule has 15 heavy (non-hydrogen) atoms. The highest BCUT2D eigenvalue weighted by Crippen LogP contribution is 2.32. The molecule has 0 saturated heterocycles. The molecule has 0 N–H and O–H groups in total. The first-order valence-electron chi connectivity index (χ1n) is 5.15. The standard InChI is InChI=1S/C12H13BrO2/c1-2-15-12(14)9-6-8-4-3-5-11(13)10(8)7-9/h3-5,9H,2,6-7H2,1H3. The number of hydrogen-bond donors (Lipinski definition) is 0. The van der Waals surface area contributed by atoms with Crippen LogP contribution in [0.25, 0.3) is 0 Å². The first-order valence-corrected chi connectivity index (χ1v) is 5.94. The van der Waals surface area contributed by atoms with Crippen molar-refractivity contribution >= 4 is 21.9 Å². The molecular weight excluding hydrogens is 256 g/mol. The highest BCUT2D eigenvalue weighted by atomic mass is 79.9. The fourth-order valence-electron chi connectivity index (χ4n) is 2.03. The van der Waals surface area contributed by atoms with E-state index in [1.165, 1.54) is 11.1 Å². The molecule has 1 aromatic rings. The van der Waals surface area contributed by atoms with Crippen molar-refractivity contribution in [3.8, 4) is 0 Å². The summed E-state index contributed by atoms with van der Waals surface area (Å²) in [5.74, 6) is -0.0562. The Morgan fingerprint density at radius 3 is 3.00 bits per heavy atom. The average Bonchev–Trinajstić information content (AvgIpc) is 2.63. The average molecular weight is 269 g/mol. The molecule has 2 rings (SSSR count). The lowest BCUT2D eigenvalue weighted by Gasteiger charge is -2.07. The van der Waals surface area contributed by atoms with Crippen molar-refractivity contribution in [2.75, 3.05) is 6.61 Å². The zero-order valence-corrected chi connectivity index (χ0v) is 10.2. The number of halogens is 1. The maximum absolute atomic E-state index is 11.6. The Labute approximate surface area is 97.8 Å². The van der Waals surface area contributed by atoms with E-state index in [1.807, 2.05) is 19.1 Å². The minimum atomic E-state index is -0.0689. The second-order valence-corrected chi connectivity index (χ2v) is 4.59. The zero-order chi connectivity index (χ0) is 10.8. The van der Waals surface area contributed by atoms with Gasteiger partial charge in [-0.25, -0.2) is 0 Å². The van der Waals surface area contributed by atoms with Gasteiger partial charge in [0.1, 0.15) is 0 Å². The molecule has 1 aliphatic rings. The summed E-state index contributed by atoms with van der Waals surface area (Å²) in [4.78, 5) is 11.6. The first-order chi connectivity index (χ1) is 7.22. The van der Waals surface area contributed by atoms with E-state index < -0.39 is 0 Å². The van der Waals surface area contributed by atoms with Crippen molar-refractivity contribution in [1.82, 2.24) is 0 Å². The van der Waals surface area contributed by atoms with Gasteiger partial charge < -0.3 is 4.74 Å². The summed E-state index contributed by atoms with van der Waals surface area (Å²) < 4.78 is 6.15. The third-order valence-electron chi connectivity index (χ3n) is 2.75. The second kappa shape index (κ2) is 4.35. The maximum atomic E-state index is 11.6. The molecule has 1 unspecified atom stereocenters. The van der Waals surface area contributed by atoms with Gasteiger partial charge in [-0.3, -0.25) is 4.79 Å². The Morgan fingerprint density at radius 1 is 1.53 bits per heavy atom. The van der Waals surface area contributed by atoms with Crippen LogP contribution in [0.5, 0.6) is 0 Å². The monoisotopic (exact) mass is 268 g/mol. The molecule has 0 saturated carbocycles. The second-order valence-electron chi connectivity index (χ2n) is 3.73. The minimum absolute atomic E-state index is 0.0126. The van der Waals surface area contributed by atoms with Gasteiger partial charge in [0, 0.05) is 4.47 Å². The predicted molar refractivity (Wildman–Crippen MR) is 61.7 cm³/mol. The maximum Gasteiger partial charge on any atom is 0.309 e. The lowest BCUT2D eigenvalue weighted by molar-refractivity contribution is -0.147. The Hall–Kier alpha value is -0.830. The molecule has 0 aliphatic heterocycles. The van der Waals surface area contributed by atoms with Crippen molar-refractivity contribution in [3.63, 3.8) is 0 Å². The molecule has 2 nitrogen and oxygen atoms in total. The molecule has 1 atom stereocenters. The molecule has 1 aliphatic carbocycles.